The lowest BCUT2D eigenvalue weighted by molar-refractivity contribution is -0.137. The van der Waals surface area contributed by atoms with Crippen molar-refractivity contribution < 1.29 is 18.0 Å². The highest BCUT2D eigenvalue weighted by Crippen LogP contribution is 2.32. The Morgan fingerprint density at radius 2 is 1.75 bits per heavy atom. The quantitative estimate of drug-likeness (QED) is 0.759. The van der Waals surface area contributed by atoms with E-state index < -0.39 is 23.2 Å². The SMILES string of the molecule is O=C(Nc1ccc(-c2csnn2)cc1)c1ccccc1C(F)(F)F. The van der Waals surface area contributed by atoms with Gasteiger partial charge in [0.1, 0.15) is 5.69 Å². The summed E-state index contributed by atoms with van der Waals surface area (Å²) in [6.07, 6.45) is -4.59. The van der Waals surface area contributed by atoms with Crippen LogP contribution in [0.2, 0.25) is 0 Å². The van der Waals surface area contributed by atoms with Crippen LogP contribution in [0.25, 0.3) is 11.3 Å². The van der Waals surface area contributed by atoms with E-state index in [4.69, 9.17) is 0 Å². The van der Waals surface area contributed by atoms with Gasteiger partial charge < -0.3 is 5.32 Å². The molecule has 0 unspecified atom stereocenters. The lowest BCUT2D eigenvalue weighted by Crippen LogP contribution is -2.18. The molecule has 24 heavy (non-hydrogen) atoms. The van der Waals surface area contributed by atoms with Crippen LogP contribution in [0, 0.1) is 0 Å². The number of alkyl halides is 3. The molecule has 0 spiro atoms. The fraction of sp³-hybridized carbons (Fsp3) is 0.0625. The molecule has 4 nitrogen and oxygen atoms in total. The topological polar surface area (TPSA) is 54.9 Å². The summed E-state index contributed by atoms with van der Waals surface area (Å²) in [5.41, 5.74) is 0.507. The molecule has 8 heteroatoms. The number of carbonyl (C=O) groups excluding carboxylic acids is 1. The van der Waals surface area contributed by atoms with Gasteiger partial charge in [0.05, 0.1) is 11.1 Å². The molecule has 0 saturated heterocycles. The van der Waals surface area contributed by atoms with Gasteiger partial charge in [-0.1, -0.05) is 28.8 Å². The molecule has 0 fully saturated rings. The number of hydrogen-bond donors (Lipinski definition) is 1. The number of rotatable bonds is 3. The van der Waals surface area contributed by atoms with Gasteiger partial charge in [-0.05, 0) is 35.8 Å². The monoisotopic (exact) mass is 349 g/mol. The van der Waals surface area contributed by atoms with Crippen molar-refractivity contribution in [2.24, 2.45) is 0 Å². The van der Waals surface area contributed by atoms with E-state index in [1.807, 2.05) is 0 Å². The van der Waals surface area contributed by atoms with Crippen molar-refractivity contribution in [3.8, 4) is 11.3 Å². The summed E-state index contributed by atoms with van der Waals surface area (Å²) >= 11 is 1.21. The van der Waals surface area contributed by atoms with Crippen LogP contribution < -0.4 is 5.32 Å². The largest absolute Gasteiger partial charge is 0.417 e. The molecule has 1 aromatic heterocycles. The van der Waals surface area contributed by atoms with Crippen molar-refractivity contribution in [3.05, 3.63) is 65.0 Å². The Bertz CT molecular complexity index is 846. The molecule has 0 atom stereocenters. The Kier molecular flexibility index (Phi) is 4.30. The van der Waals surface area contributed by atoms with Crippen molar-refractivity contribution in [2.75, 3.05) is 5.32 Å². The molecule has 1 heterocycles. The van der Waals surface area contributed by atoms with E-state index in [0.29, 0.717) is 11.4 Å². The van der Waals surface area contributed by atoms with Crippen molar-refractivity contribution in [3.63, 3.8) is 0 Å². The number of amides is 1. The number of anilines is 1. The van der Waals surface area contributed by atoms with Crippen LogP contribution >= 0.6 is 11.5 Å². The average Bonchev–Trinajstić information content (AvgIpc) is 3.09. The van der Waals surface area contributed by atoms with Crippen LogP contribution in [0.4, 0.5) is 18.9 Å². The van der Waals surface area contributed by atoms with Gasteiger partial charge in [0.25, 0.3) is 5.91 Å². The van der Waals surface area contributed by atoms with Crippen LogP contribution in [0.5, 0.6) is 0 Å². The molecule has 2 aromatic carbocycles. The van der Waals surface area contributed by atoms with E-state index in [1.54, 1.807) is 29.6 Å². The Morgan fingerprint density at radius 1 is 1.04 bits per heavy atom. The fourth-order valence-electron chi connectivity index (χ4n) is 2.14. The maximum absolute atomic E-state index is 13.0. The highest BCUT2D eigenvalue weighted by atomic mass is 32.1. The molecule has 122 valence electrons. The average molecular weight is 349 g/mol. The van der Waals surface area contributed by atoms with Gasteiger partial charge in [-0.15, -0.1) is 5.10 Å². The first-order chi connectivity index (χ1) is 11.4. The molecule has 0 aliphatic rings. The van der Waals surface area contributed by atoms with Crippen molar-refractivity contribution in [2.45, 2.75) is 6.18 Å². The highest BCUT2D eigenvalue weighted by Gasteiger charge is 2.34. The molecule has 0 aliphatic carbocycles. The molecule has 0 saturated carbocycles. The lowest BCUT2D eigenvalue weighted by Gasteiger charge is -2.12. The third kappa shape index (κ3) is 3.43. The van der Waals surface area contributed by atoms with Crippen LogP contribution in [0.3, 0.4) is 0 Å². The first-order valence-corrected chi connectivity index (χ1v) is 7.64. The summed E-state index contributed by atoms with van der Waals surface area (Å²) in [6, 6.07) is 11.3. The summed E-state index contributed by atoms with van der Waals surface area (Å²) in [7, 11) is 0. The summed E-state index contributed by atoms with van der Waals surface area (Å²) in [5.74, 6) is -0.814. The van der Waals surface area contributed by atoms with Crippen LogP contribution in [0.1, 0.15) is 15.9 Å². The standard InChI is InChI=1S/C16H10F3N3OS/c17-16(18,19)13-4-2-1-3-12(13)15(23)20-11-7-5-10(6-8-11)14-9-24-22-21-14/h1-9H,(H,20,23). The van der Waals surface area contributed by atoms with E-state index in [2.05, 4.69) is 14.9 Å². The minimum absolute atomic E-state index is 0.393. The van der Waals surface area contributed by atoms with Crippen molar-refractivity contribution in [1.29, 1.82) is 0 Å². The minimum atomic E-state index is -4.59. The van der Waals surface area contributed by atoms with Crippen molar-refractivity contribution >= 4 is 23.1 Å². The second-order valence-electron chi connectivity index (χ2n) is 4.86. The number of aromatic nitrogens is 2. The second kappa shape index (κ2) is 6.40. The van der Waals surface area contributed by atoms with E-state index in [9.17, 15) is 18.0 Å². The smallest absolute Gasteiger partial charge is 0.322 e. The molecule has 0 bridgehead atoms. The predicted octanol–water partition coefficient (Wildman–Crippen LogP) is 4.48. The maximum Gasteiger partial charge on any atom is 0.417 e. The molecule has 0 aliphatic heterocycles. The molecular formula is C16H10F3N3OS. The van der Waals surface area contributed by atoms with E-state index in [1.165, 1.54) is 23.7 Å². The number of carbonyl (C=O) groups is 1. The lowest BCUT2D eigenvalue weighted by atomic mass is 10.1. The second-order valence-corrected chi connectivity index (χ2v) is 5.47. The third-order valence-corrected chi connectivity index (χ3v) is 3.78. The minimum Gasteiger partial charge on any atom is -0.322 e. The van der Waals surface area contributed by atoms with Crippen LogP contribution in [0.15, 0.2) is 53.9 Å². The Hall–Kier alpha value is -2.74. The van der Waals surface area contributed by atoms with Gasteiger partial charge in [-0.25, -0.2) is 0 Å². The van der Waals surface area contributed by atoms with E-state index >= 15 is 0 Å². The molecule has 0 radical (unpaired) electrons. The molecular weight excluding hydrogens is 339 g/mol. The molecule has 3 rings (SSSR count). The third-order valence-electron chi connectivity index (χ3n) is 3.28. The van der Waals surface area contributed by atoms with Gasteiger partial charge in [0, 0.05) is 16.6 Å². The zero-order valence-corrected chi connectivity index (χ0v) is 12.9. The molecule has 1 N–H and O–H groups in total. The van der Waals surface area contributed by atoms with Gasteiger partial charge in [-0.2, -0.15) is 13.2 Å². The first-order valence-electron chi connectivity index (χ1n) is 6.80. The van der Waals surface area contributed by atoms with Gasteiger partial charge >= 0.3 is 6.18 Å². The highest BCUT2D eigenvalue weighted by molar-refractivity contribution is 7.03. The normalized spacial score (nSPS) is 11.3. The van der Waals surface area contributed by atoms with E-state index in [-0.39, 0.29) is 0 Å². The Balaban J connectivity index is 1.81. The zero-order chi connectivity index (χ0) is 17.2. The number of nitrogens with zero attached hydrogens (tertiary/aromatic N) is 2. The summed E-state index contributed by atoms with van der Waals surface area (Å²) < 4.78 is 42.7. The van der Waals surface area contributed by atoms with Crippen LogP contribution in [-0.4, -0.2) is 15.5 Å². The number of halogens is 3. The van der Waals surface area contributed by atoms with Gasteiger partial charge in [-0.3, -0.25) is 4.79 Å². The van der Waals surface area contributed by atoms with Crippen molar-refractivity contribution in [1.82, 2.24) is 9.59 Å². The van der Waals surface area contributed by atoms with Crippen LogP contribution in [-0.2, 0) is 6.18 Å². The first kappa shape index (κ1) is 16.1. The van der Waals surface area contributed by atoms with E-state index in [0.717, 1.165) is 17.7 Å². The summed E-state index contributed by atoms with van der Waals surface area (Å²) in [6.45, 7) is 0. The Morgan fingerprint density at radius 3 is 2.38 bits per heavy atom. The number of hydrogen-bond acceptors (Lipinski definition) is 4. The predicted molar refractivity (Wildman–Crippen MR) is 84.7 cm³/mol. The molecule has 1 amide bonds. The zero-order valence-electron chi connectivity index (χ0n) is 12.0. The maximum atomic E-state index is 13.0. The number of nitrogens with one attached hydrogen (secondary N) is 1. The summed E-state index contributed by atoms with van der Waals surface area (Å²) in [4.78, 5) is 12.2. The fourth-order valence-corrected chi connectivity index (χ4v) is 2.61. The summed E-state index contributed by atoms with van der Waals surface area (Å²) in [5, 5.41) is 8.16. The van der Waals surface area contributed by atoms with Gasteiger partial charge in [0.15, 0.2) is 0 Å². The number of benzene rings is 2. The molecule has 3 aromatic rings. The van der Waals surface area contributed by atoms with Gasteiger partial charge in [0.2, 0.25) is 0 Å². The Labute approximate surface area is 139 Å².